The van der Waals surface area contributed by atoms with Crippen molar-refractivity contribution < 1.29 is 28.6 Å². The van der Waals surface area contributed by atoms with Crippen LogP contribution in [-0.2, 0) is 30.3 Å². The van der Waals surface area contributed by atoms with Crippen molar-refractivity contribution in [2.24, 2.45) is 0 Å². The molecule has 0 amide bonds. The van der Waals surface area contributed by atoms with Crippen LogP contribution in [0.25, 0.3) is 0 Å². The molecule has 11 nitrogen and oxygen atoms in total. The van der Waals surface area contributed by atoms with Crippen LogP contribution in [0.2, 0.25) is 0 Å². The summed E-state index contributed by atoms with van der Waals surface area (Å²) in [5.41, 5.74) is -0.0820. The molecule has 1 aliphatic rings. The second-order valence-corrected chi connectivity index (χ2v) is 11.8. The lowest BCUT2D eigenvalue weighted by Gasteiger charge is -2.31. The topological polar surface area (TPSA) is 114 Å². The van der Waals surface area contributed by atoms with Gasteiger partial charge >= 0.3 is 17.9 Å². The molecule has 0 aliphatic carbocycles. The Kier molecular flexibility index (Phi) is 12.8. The van der Waals surface area contributed by atoms with Crippen LogP contribution in [0.3, 0.4) is 0 Å². The summed E-state index contributed by atoms with van der Waals surface area (Å²) < 4.78 is 15.9. The van der Waals surface area contributed by atoms with E-state index in [9.17, 15) is 14.4 Å². The number of rotatable bonds is 7. The minimum absolute atomic E-state index is 0.202. The number of aromatic nitrogens is 1. The zero-order chi connectivity index (χ0) is 29.1. The highest BCUT2D eigenvalue weighted by molar-refractivity contribution is 5.87. The molecule has 2 heterocycles. The first-order valence-electron chi connectivity index (χ1n) is 13.6. The summed E-state index contributed by atoms with van der Waals surface area (Å²) in [5, 5.41) is 3.42. The highest BCUT2D eigenvalue weighted by Gasteiger charge is 2.22. The van der Waals surface area contributed by atoms with E-state index in [2.05, 4.69) is 25.0 Å². The van der Waals surface area contributed by atoms with Gasteiger partial charge in [-0.05, 0) is 53.7 Å². The van der Waals surface area contributed by atoms with Gasteiger partial charge in [-0.15, -0.1) is 0 Å². The van der Waals surface area contributed by atoms with Crippen molar-refractivity contribution in [1.82, 2.24) is 25.0 Å². The number of nitrogens with one attached hydrogen (secondary N) is 1. The van der Waals surface area contributed by atoms with Crippen molar-refractivity contribution in [2.45, 2.75) is 59.3 Å². The fourth-order valence-corrected chi connectivity index (χ4v) is 4.10. The number of hydrogen-bond donors (Lipinski definition) is 1. The molecule has 0 aromatic carbocycles. The molecule has 2 rings (SSSR count). The second kappa shape index (κ2) is 15.3. The van der Waals surface area contributed by atoms with E-state index < -0.39 is 17.2 Å². The zero-order valence-corrected chi connectivity index (χ0v) is 24.7. The zero-order valence-electron chi connectivity index (χ0n) is 24.7. The average Bonchev–Trinajstić information content (AvgIpc) is 2.81. The van der Waals surface area contributed by atoms with Gasteiger partial charge in [-0.1, -0.05) is 6.07 Å². The van der Waals surface area contributed by atoms with E-state index in [1.165, 1.54) is 7.11 Å². The Morgan fingerprint density at radius 3 is 1.74 bits per heavy atom. The van der Waals surface area contributed by atoms with Crippen molar-refractivity contribution in [2.75, 3.05) is 72.6 Å². The standard InChI is InChI=1S/C28H47N5O6/c1-27(2,3)38-24(34)20-31-13-11-29-12-14-32(21-25(35)39-28(4,5)6)16-18-33(17-15-31)19-22-9-8-10-23(30-22)26(36)37-7/h8-10,29H,11-21H2,1-7H3. The number of methoxy groups -OCH3 is 1. The van der Waals surface area contributed by atoms with Crippen LogP contribution in [0, 0.1) is 0 Å². The van der Waals surface area contributed by atoms with Crippen LogP contribution in [0.1, 0.15) is 57.7 Å². The van der Waals surface area contributed by atoms with E-state index in [1.54, 1.807) is 12.1 Å². The van der Waals surface area contributed by atoms with E-state index in [4.69, 9.17) is 14.2 Å². The van der Waals surface area contributed by atoms with Gasteiger partial charge in [0, 0.05) is 58.9 Å². The monoisotopic (exact) mass is 549 g/mol. The number of esters is 3. The first-order valence-corrected chi connectivity index (χ1v) is 13.6. The quantitative estimate of drug-likeness (QED) is 0.395. The fraction of sp³-hybridized carbons (Fsp3) is 0.714. The molecule has 1 aromatic rings. The van der Waals surface area contributed by atoms with Crippen LogP contribution >= 0.6 is 0 Å². The van der Waals surface area contributed by atoms with Gasteiger partial charge in [-0.25, -0.2) is 9.78 Å². The second-order valence-electron chi connectivity index (χ2n) is 11.8. The predicted octanol–water partition coefficient (Wildman–Crippen LogP) is 1.56. The molecular weight excluding hydrogens is 502 g/mol. The predicted molar refractivity (Wildman–Crippen MR) is 148 cm³/mol. The minimum atomic E-state index is -0.540. The number of hydrogen-bond acceptors (Lipinski definition) is 11. The van der Waals surface area contributed by atoms with Crippen LogP contribution in [0.4, 0.5) is 0 Å². The number of ether oxygens (including phenoxy) is 3. The normalized spacial score (nSPS) is 17.5. The minimum Gasteiger partial charge on any atom is -0.464 e. The Balaban J connectivity index is 2.16. The van der Waals surface area contributed by atoms with Crippen LogP contribution < -0.4 is 5.32 Å². The SMILES string of the molecule is COC(=O)c1cccc(CN2CCN(CC(=O)OC(C)(C)C)CCNCCN(CC(=O)OC(C)(C)C)CC2)n1. The molecule has 0 spiro atoms. The molecule has 39 heavy (non-hydrogen) atoms. The molecule has 11 heteroatoms. The van der Waals surface area contributed by atoms with E-state index in [0.29, 0.717) is 58.9 Å². The van der Waals surface area contributed by atoms with Crippen molar-refractivity contribution in [3.05, 3.63) is 29.6 Å². The molecular formula is C28H47N5O6. The van der Waals surface area contributed by atoms with Crippen molar-refractivity contribution >= 4 is 17.9 Å². The molecule has 220 valence electrons. The first-order chi connectivity index (χ1) is 18.2. The Labute approximate surface area is 233 Å². The summed E-state index contributed by atoms with van der Waals surface area (Å²) in [6.45, 7) is 17.4. The number of nitrogens with zero attached hydrogens (tertiary/aromatic N) is 4. The molecule has 1 saturated heterocycles. The fourth-order valence-electron chi connectivity index (χ4n) is 4.10. The lowest BCUT2D eigenvalue weighted by Crippen LogP contribution is -2.47. The molecule has 0 unspecified atom stereocenters. The van der Waals surface area contributed by atoms with Gasteiger partial charge in [-0.2, -0.15) is 0 Å². The van der Waals surface area contributed by atoms with Gasteiger partial charge in [0.2, 0.25) is 0 Å². The van der Waals surface area contributed by atoms with Gasteiger partial charge in [-0.3, -0.25) is 24.3 Å². The summed E-state index contributed by atoms with van der Waals surface area (Å²) >= 11 is 0. The van der Waals surface area contributed by atoms with Crippen LogP contribution in [0.5, 0.6) is 0 Å². The van der Waals surface area contributed by atoms with Crippen LogP contribution in [0.15, 0.2) is 18.2 Å². The molecule has 0 atom stereocenters. The number of pyridine rings is 1. The summed E-state index contributed by atoms with van der Waals surface area (Å²) in [4.78, 5) is 48.0. The maximum absolute atomic E-state index is 12.5. The van der Waals surface area contributed by atoms with Gasteiger partial charge in [0.05, 0.1) is 25.9 Å². The van der Waals surface area contributed by atoms with Crippen molar-refractivity contribution in [3.8, 4) is 0 Å². The first kappa shape index (κ1) is 32.6. The smallest absolute Gasteiger partial charge is 0.356 e. The van der Waals surface area contributed by atoms with E-state index in [0.717, 1.165) is 5.69 Å². The maximum Gasteiger partial charge on any atom is 0.356 e. The van der Waals surface area contributed by atoms with E-state index in [1.807, 2.05) is 47.6 Å². The number of carbonyl (C=O) groups is 3. The highest BCUT2D eigenvalue weighted by atomic mass is 16.6. The Morgan fingerprint density at radius 2 is 1.28 bits per heavy atom. The summed E-state index contributed by atoms with van der Waals surface area (Å²) in [6.07, 6.45) is 0. The Morgan fingerprint density at radius 1 is 0.795 bits per heavy atom. The average molecular weight is 550 g/mol. The van der Waals surface area contributed by atoms with Crippen LogP contribution in [-0.4, -0.2) is 121 Å². The van der Waals surface area contributed by atoms with Crippen molar-refractivity contribution in [3.63, 3.8) is 0 Å². The highest BCUT2D eigenvalue weighted by Crippen LogP contribution is 2.10. The number of carbonyl (C=O) groups excluding carboxylic acids is 3. The van der Waals surface area contributed by atoms with Gasteiger partial charge in [0.15, 0.2) is 0 Å². The summed E-state index contributed by atoms with van der Waals surface area (Å²) in [5.74, 6) is -0.987. The third-order valence-electron chi connectivity index (χ3n) is 5.81. The van der Waals surface area contributed by atoms with Gasteiger partial charge in [0.1, 0.15) is 16.9 Å². The summed E-state index contributed by atoms with van der Waals surface area (Å²) in [7, 11) is 1.33. The molecule has 1 aliphatic heterocycles. The Hall–Kier alpha value is -2.60. The van der Waals surface area contributed by atoms with Gasteiger partial charge < -0.3 is 19.5 Å². The maximum atomic E-state index is 12.5. The molecule has 1 N–H and O–H groups in total. The third-order valence-corrected chi connectivity index (χ3v) is 5.81. The molecule has 1 aromatic heterocycles. The molecule has 0 bridgehead atoms. The lowest BCUT2D eigenvalue weighted by molar-refractivity contribution is -0.157. The Bertz CT molecular complexity index is 899. The molecule has 1 fully saturated rings. The van der Waals surface area contributed by atoms with Gasteiger partial charge in [0.25, 0.3) is 0 Å². The van der Waals surface area contributed by atoms with E-state index >= 15 is 0 Å². The third kappa shape index (κ3) is 13.8. The lowest BCUT2D eigenvalue weighted by atomic mass is 10.2. The largest absolute Gasteiger partial charge is 0.464 e. The van der Waals surface area contributed by atoms with E-state index in [-0.39, 0.29) is 30.7 Å². The summed E-state index contributed by atoms with van der Waals surface area (Å²) in [6, 6.07) is 5.30. The van der Waals surface area contributed by atoms with Crippen molar-refractivity contribution in [1.29, 1.82) is 0 Å². The molecule has 0 saturated carbocycles. The molecule has 0 radical (unpaired) electrons.